The molecular weight excluding hydrogens is 266 g/mol. The molecular formula is C17H29NOS. The predicted molar refractivity (Wildman–Crippen MR) is 87.5 cm³/mol. The van der Waals surface area contributed by atoms with Gasteiger partial charge in [-0.1, -0.05) is 25.7 Å². The first kappa shape index (κ1) is 16.0. The van der Waals surface area contributed by atoms with Crippen molar-refractivity contribution in [3.8, 4) is 0 Å². The minimum absolute atomic E-state index is 0.0655. The zero-order valence-corrected chi connectivity index (χ0v) is 13.8. The highest BCUT2D eigenvalue weighted by Gasteiger charge is 2.38. The van der Waals surface area contributed by atoms with Crippen molar-refractivity contribution in [3.05, 3.63) is 22.4 Å². The number of ether oxygens (including phenoxy) is 1. The minimum Gasteiger partial charge on any atom is -0.374 e. The van der Waals surface area contributed by atoms with Gasteiger partial charge in [0.2, 0.25) is 0 Å². The molecule has 0 aliphatic heterocycles. The third kappa shape index (κ3) is 4.06. The molecule has 0 aromatic carbocycles. The third-order valence-corrected chi connectivity index (χ3v) is 5.40. The Balaban J connectivity index is 2.03. The summed E-state index contributed by atoms with van der Waals surface area (Å²) in [6, 6.07) is 2.72. The van der Waals surface area contributed by atoms with E-state index in [2.05, 4.69) is 36.1 Å². The third-order valence-electron chi connectivity index (χ3n) is 4.67. The van der Waals surface area contributed by atoms with Crippen LogP contribution in [0.2, 0.25) is 0 Å². The van der Waals surface area contributed by atoms with Gasteiger partial charge in [-0.05, 0) is 62.0 Å². The molecule has 1 fully saturated rings. The van der Waals surface area contributed by atoms with Crippen LogP contribution in [0.3, 0.4) is 0 Å². The van der Waals surface area contributed by atoms with E-state index in [1.807, 2.05) is 0 Å². The molecule has 2 nitrogen and oxygen atoms in total. The van der Waals surface area contributed by atoms with Crippen LogP contribution in [0, 0.1) is 0 Å². The summed E-state index contributed by atoms with van der Waals surface area (Å²) in [4.78, 5) is 0. The van der Waals surface area contributed by atoms with Crippen LogP contribution in [0.15, 0.2) is 16.8 Å². The van der Waals surface area contributed by atoms with Crippen molar-refractivity contribution in [2.75, 3.05) is 13.7 Å². The van der Waals surface area contributed by atoms with Crippen LogP contribution in [0.1, 0.15) is 57.4 Å². The molecule has 1 heterocycles. The average molecular weight is 295 g/mol. The maximum Gasteiger partial charge on any atom is 0.0834 e. The summed E-state index contributed by atoms with van der Waals surface area (Å²) in [5.41, 5.74) is 1.53. The summed E-state index contributed by atoms with van der Waals surface area (Å²) < 4.78 is 6.31. The summed E-state index contributed by atoms with van der Waals surface area (Å²) in [5.74, 6) is 0. The molecule has 3 heteroatoms. The fourth-order valence-corrected chi connectivity index (χ4v) is 4.33. The molecule has 0 spiro atoms. The second-order valence-electron chi connectivity index (χ2n) is 5.92. The minimum atomic E-state index is 0.0655. The van der Waals surface area contributed by atoms with Crippen LogP contribution >= 0.6 is 11.3 Å². The van der Waals surface area contributed by atoms with E-state index in [4.69, 9.17) is 4.74 Å². The molecule has 114 valence electrons. The van der Waals surface area contributed by atoms with E-state index in [1.54, 1.807) is 11.3 Å². The van der Waals surface area contributed by atoms with E-state index in [0.717, 1.165) is 13.0 Å². The van der Waals surface area contributed by atoms with Crippen LogP contribution in [0.4, 0.5) is 0 Å². The largest absolute Gasteiger partial charge is 0.374 e. The summed E-state index contributed by atoms with van der Waals surface area (Å²) in [6.45, 7) is 2.97. The van der Waals surface area contributed by atoms with Crippen LogP contribution in [-0.2, 0) is 11.2 Å². The van der Waals surface area contributed by atoms with E-state index >= 15 is 0 Å². The number of hydrogen-bond acceptors (Lipinski definition) is 3. The number of thiophene rings is 1. The van der Waals surface area contributed by atoms with Gasteiger partial charge in [0, 0.05) is 12.6 Å². The topological polar surface area (TPSA) is 21.3 Å². The van der Waals surface area contributed by atoms with Gasteiger partial charge in [0.05, 0.1) is 5.60 Å². The number of aryl methyl sites for hydroxylation is 1. The van der Waals surface area contributed by atoms with Gasteiger partial charge in [0.25, 0.3) is 0 Å². The van der Waals surface area contributed by atoms with Crippen molar-refractivity contribution in [1.82, 2.24) is 5.32 Å². The molecule has 20 heavy (non-hydrogen) atoms. The molecule has 0 radical (unpaired) electrons. The number of nitrogens with one attached hydrogen (secondary N) is 1. The molecule has 1 aromatic heterocycles. The lowest BCUT2D eigenvalue weighted by Gasteiger charge is -2.40. The highest BCUT2D eigenvalue weighted by Crippen LogP contribution is 2.35. The van der Waals surface area contributed by atoms with Gasteiger partial charge in [0.15, 0.2) is 0 Å². The standard InChI is InChI=1S/C17H29NOS/c1-3-19-17(11-6-4-5-7-12-17)16(18-2)9-8-15-10-13-20-14-15/h10,13-14,16,18H,3-9,11-12H2,1-2H3. The molecule has 1 aliphatic carbocycles. The molecule has 1 aromatic rings. The Hall–Kier alpha value is -0.380. The lowest BCUT2D eigenvalue weighted by molar-refractivity contribution is -0.0769. The molecule has 0 saturated heterocycles. The molecule has 2 rings (SSSR count). The summed E-state index contributed by atoms with van der Waals surface area (Å²) >= 11 is 1.80. The molecule has 0 amide bonds. The quantitative estimate of drug-likeness (QED) is 0.753. The zero-order chi connectivity index (χ0) is 14.3. The van der Waals surface area contributed by atoms with Gasteiger partial charge in [-0.2, -0.15) is 11.3 Å². The van der Waals surface area contributed by atoms with Crippen molar-refractivity contribution < 1.29 is 4.74 Å². The SMILES string of the molecule is CCOC1(C(CCc2ccsc2)NC)CCCCCC1. The maximum absolute atomic E-state index is 6.31. The van der Waals surface area contributed by atoms with E-state index in [-0.39, 0.29) is 5.60 Å². The highest BCUT2D eigenvalue weighted by atomic mass is 32.1. The molecule has 1 N–H and O–H groups in total. The predicted octanol–water partition coefficient (Wildman–Crippen LogP) is 4.40. The van der Waals surface area contributed by atoms with Gasteiger partial charge in [-0.15, -0.1) is 0 Å². The first-order valence-corrected chi connectivity index (χ1v) is 9.07. The Kier molecular flexibility index (Phi) is 6.53. The van der Waals surface area contributed by atoms with Gasteiger partial charge < -0.3 is 10.1 Å². The summed E-state index contributed by atoms with van der Waals surface area (Å²) in [5, 5.41) is 8.01. The summed E-state index contributed by atoms with van der Waals surface area (Å²) in [7, 11) is 2.10. The first-order chi connectivity index (χ1) is 9.80. The summed E-state index contributed by atoms with van der Waals surface area (Å²) in [6.07, 6.45) is 10.1. The molecule has 0 bridgehead atoms. The fourth-order valence-electron chi connectivity index (χ4n) is 3.62. The monoisotopic (exact) mass is 295 g/mol. The maximum atomic E-state index is 6.31. The smallest absolute Gasteiger partial charge is 0.0834 e. The van der Waals surface area contributed by atoms with E-state index in [1.165, 1.54) is 50.5 Å². The van der Waals surface area contributed by atoms with Crippen molar-refractivity contribution in [2.45, 2.75) is 69.9 Å². The highest BCUT2D eigenvalue weighted by molar-refractivity contribution is 7.07. The van der Waals surface area contributed by atoms with Crippen molar-refractivity contribution in [1.29, 1.82) is 0 Å². The van der Waals surface area contributed by atoms with Gasteiger partial charge in [-0.3, -0.25) is 0 Å². The Morgan fingerprint density at radius 2 is 2.05 bits per heavy atom. The Bertz CT molecular complexity index is 355. The zero-order valence-electron chi connectivity index (χ0n) is 13.0. The first-order valence-electron chi connectivity index (χ1n) is 8.13. The van der Waals surface area contributed by atoms with Crippen molar-refractivity contribution in [3.63, 3.8) is 0 Å². The van der Waals surface area contributed by atoms with Crippen LogP contribution in [0.5, 0.6) is 0 Å². The Labute approximate surface area is 127 Å². The average Bonchev–Trinajstić information content (AvgIpc) is 2.86. The second-order valence-corrected chi connectivity index (χ2v) is 6.70. The van der Waals surface area contributed by atoms with E-state index < -0.39 is 0 Å². The van der Waals surface area contributed by atoms with Gasteiger partial charge in [-0.25, -0.2) is 0 Å². The molecule has 1 atom stereocenters. The lowest BCUT2D eigenvalue weighted by atomic mass is 9.83. The van der Waals surface area contributed by atoms with Crippen LogP contribution in [-0.4, -0.2) is 25.3 Å². The number of likely N-dealkylation sites (N-methyl/N-ethyl adjacent to an activating group) is 1. The molecule has 1 unspecified atom stereocenters. The normalized spacial score (nSPS) is 20.5. The van der Waals surface area contributed by atoms with E-state index in [0.29, 0.717) is 6.04 Å². The number of rotatable bonds is 7. The molecule has 1 aliphatic rings. The van der Waals surface area contributed by atoms with Crippen LogP contribution < -0.4 is 5.32 Å². The number of hydrogen-bond donors (Lipinski definition) is 1. The Morgan fingerprint density at radius 1 is 1.30 bits per heavy atom. The molecule has 1 saturated carbocycles. The van der Waals surface area contributed by atoms with Crippen LogP contribution in [0.25, 0.3) is 0 Å². The van der Waals surface area contributed by atoms with E-state index in [9.17, 15) is 0 Å². The Morgan fingerprint density at radius 3 is 2.60 bits per heavy atom. The fraction of sp³-hybridized carbons (Fsp3) is 0.765. The van der Waals surface area contributed by atoms with Crippen molar-refractivity contribution in [2.24, 2.45) is 0 Å². The van der Waals surface area contributed by atoms with Crippen molar-refractivity contribution >= 4 is 11.3 Å². The lowest BCUT2D eigenvalue weighted by Crippen LogP contribution is -2.51. The van der Waals surface area contributed by atoms with Gasteiger partial charge >= 0.3 is 0 Å². The second kappa shape index (κ2) is 8.16. The van der Waals surface area contributed by atoms with Gasteiger partial charge in [0.1, 0.15) is 0 Å².